The molecule has 1 heterocycles. The van der Waals surface area contributed by atoms with Gasteiger partial charge in [-0.3, -0.25) is 14.9 Å². The molecule has 1 saturated heterocycles. The summed E-state index contributed by atoms with van der Waals surface area (Å²) in [6, 6.07) is 4.14. The molecule has 2 rings (SSSR count). The Morgan fingerprint density at radius 3 is 3.00 bits per heavy atom. The van der Waals surface area contributed by atoms with E-state index in [4.69, 9.17) is 4.74 Å². The van der Waals surface area contributed by atoms with Crippen LogP contribution in [0.5, 0.6) is 5.75 Å². The van der Waals surface area contributed by atoms with Gasteiger partial charge in [-0.2, -0.15) is 0 Å². The number of methoxy groups -OCH3 is 1. The van der Waals surface area contributed by atoms with Gasteiger partial charge in [-0.1, -0.05) is 0 Å². The Bertz CT molecular complexity index is 527. The minimum absolute atomic E-state index is 0.0783. The minimum Gasteiger partial charge on any atom is -0.495 e. The molecule has 1 fully saturated rings. The van der Waals surface area contributed by atoms with Crippen molar-refractivity contribution in [1.29, 1.82) is 0 Å². The van der Waals surface area contributed by atoms with Crippen LogP contribution in [0.3, 0.4) is 0 Å². The van der Waals surface area contributed by atoms with Crippen molar-refractivity contribution in [2.24, 2.45) is 5.92 Å². The topological polar surface area (TPSA) is 93.5 Å². The molecule has 7 heteroatoms. The summed E-state index contributed by atoms with van der Waals surface area (Å²) in [5.41, 5.74) is 0.255. The number of nitrogens with zero attached hydrogens (tertiary/aromatic N) is 1. The summed E-state index contributed by atoms with van der Waals surface area (Å²) in [6.07, 6.45) is 2.49. The summed E-state index contributed by atoms with van der Waals surface area (Å²) in [7, 11) is 1.46. The lowest BCUT2D eigenvalue weighted by molar-refractivity contribution is -0.384. The molecule has 7 nitrogen and oxygen atoms in total. The quantitative estimate of drug-likeness (QED) is 0.639. The molecule has 0 aliphatic carbocycles. The van der Waals surface area contributed by atoms with Gasteiger partial charge < -0.3 is 15.4 Å². The first-order valence-corrected chi connectivity index (χ1v) is 6.93. The molecule has 0 saturated carbocycles. The number of hydrogen-bond donors (Lipinski definition) is 2. The van der Waals surface area contributed by atoms with Crippen molar-refractivity contribution >= 4 is 17.3 Å². The Morgan fingerprint density at radius 1 is 1.57 bits per heavy atom. The molecule has 1 unspecified atom stereocenters. The van der Waals surface area contributed by atoms with Crippen LogP contribution in [0.25, 0.3) is 0 Å². The van der Waals surface area contributed by atoms with Crippen LogP contribution >= 0.6 is 0 Å². The molecule has 21 heavy (non-hydrogen) atoms. The van der Waals surface area contributed by atoms with Crippen molar-refractivity contribution in [1.82, 2.24) is 5.32 Å². The van der Waals surface area contributed by atoms with E-state index in [-0.39, 0.29) is 11.6 Å². The highest BCUT2D eigenvalue weighted by Crippen LogP contribution is 2.29. The molecule has 1 aliphatic heterocycles. The first-order chi connectivity index (χ1) is 10.1. The van der Waals surface area contributed by atoms with E-state index in [2.05, 4.69) is 10.6 Å². The van der Waals surface area contributed by atoms with Gasteiger partial charge in [-0.05, 0) is 37.9 Å². The summed E-state index contributed by atoms with van der Waals surface area (Å²) in [4.78, 5) is 22.4. The first kappa shape index (κ1) is 15.2. The molecular formula is C14H19N3O4. The van der Waals surface area contributed by atoms with Crippen LogP contribution in [-0.4, -0.2) is 31.0 Å². The van der Waals surface area contributed by atoms with Gasteiger partial charge in [0.05, 0.1) is 17.7 Å². The summed E-state index contributed by atoms with van der Waals surface area (Å²) in [6.45, 7) is 1.83. The lowest BCUT2D eigenvalue weighted by atomic mass is 9.96. The maximum Gasteiger partial charge on any atom is 0.271 e. The lowest BCUT2D eigenvalue weighted by Gasteiger charge is -2.22. The molecule has 0 radical (unpaired) electrons. The number of piperidine rings is 1. The first-order valence-electron chi connectivity index (χ1n) is 6.93. The van der Waals surface area contributed by atoms with E-state index in [1.165, 1.54) is 25.3 Å². The van der Waals surface area contributed by atoms with E-state index in [1.807, 2.05) is 0 Å². The summed E-state index contributed by atoms with van der Waals surface area (Å²) >= 11 is 0. The van der Waals surface area contributed by atoms with Crippen LogP contribution in [0.1, 0.15) is 19.3 Å². The molecule has 1 aliphatic rings. The zero-order chi connectivity index (χ0) is 15.2. The zero-order valence-electron chi connectivity index (χ0n) is 11.9. The number of amides is 1. The predicted molar refractivity (Wildman–Crippen MR) is 78.5 cm³/mol. The van der Waals surface area contributed by atoms with E-state index in [9.17, 15) is 14.9 Å². The van der Waals surface area contributed by atoms with Crippen LogP contribution < -0.4 is 15.4 Å². The van der Waals surface area contributed by atoms with Crippen LogP contribution in [-0.2, 0) is 4.79 Å². The van der Waals surface area contributed by atoms with Crippen molar-refractivity contribution < 1.29 is 14.5 Å². The average Bonchev–Trinajstić information content (AvgIpc) is 2.48. The molecule has 0 aromatic heterocycles. The predicted octanol–water partition coefficient (Wildman–Crippen LogP) is 1.93. The van der Waals surface area contributed by atoms with E-state index < -0.39 is 4.92 Å². The van der Waals surface area contributed by atoms with Gasteiger partial charge in [-0.15, -0.1) is 0 Å². The molecule has 0 bridgehead atoms. The van der Waals surface area contributed by atoms with Crippen molar-refractivity contribution in [3.05, 3.63) is 28.3 Å². The van der Waals surface area contributed by atoms with Crippen LogP contribution in [0, 0.1) is 16.0 Å². The van der Waals surface area contributed by atoms with Crippen molar-refractivity contribution in [2.45, 2.75) is 19.3 Å². The van der Waals surface area contributed by atoms with E-state index in [0.29, 0.717) is 23.8 Å². The maximum atomic E-state index is 12.1. The second-order valence-corrected chi connectivity index (χ2v) is 5.11. The number of nitrogens with one attached hydrogen (secondary N) is 2. The maximum absolute atomic E-state index is 12.1. The number of carbonyl (C=O) groups excluding carboxylic acids is 1. The third-order valence-electron chi connectivity index (χ3n) is 3.54. The number of nitro benzene ring substituents is 1. The summed E-state index contributed by atoms with van der Waals surface area (Å²) in [5, 5.41) is 16.8. The van der Waals surface area contributed by atoms with Crippen molar-refractivity contribution in [2.75, 3.05) is 25.5 Å². The average molecular weight is 293 g/mol. The third kappa shape index (κ3) is 4.16. The number of hydrogen-bond acceptors (Lipinski definition) is 5. The zero-order valence-corrected chi connectivity index (χ0v) is 11.9. The molecule has 0 spiro atoms. The van der Waals surface area contributed by atoms with E-state index >= 15 is 0 Å². The Kier molecular flexibility index (Phi) is 5.10. The highest BCUT2D eigenvalue weighted by Gasteiger charge is 2.19. The smallest absolute Gasteiger partial charge is 0.271 e. The van der Waals surface area contributed by atoms with Crippen LogP contribution in [0.15, 0.2) is 18.2 Å². The lowest BCUT2D eigenvalue weighted by Crippen LogP contribution is -2.32. The third-order valence-corrected chi connectivity index (χ3v) is 3.54. The van der Waals surface area contributed by atoms with Crippen molar-refractivity contribution in [3.63, 3.8) is 0 Å². The normalized spacial score (nSPS) is 18.0. The Balaban J connectivity index is 2.04. The largest absolute Gasteiger partial charge is 0.495 e. The number of benzene rings is 1. The summed E-state index contributed by atoms with van der Waals surface area (Å²) in [5.74, 6) is 0.571. The number of anilines is 1. The van der Waals surface area contributed by atoms with Crippen LogP contribution in [0.4, 0.5) is 11.4 Å². The molecule has 1 aromatic carbocycles. The van der Waals surface area contributed by atoms with E-state index in [0.717, 1.165) is 25.9 Å². The molecule has 1 atom stereocenters. The fraction of sp³-hybridized carbons (Fsp3) is 0.500. The van der Waals surface area contributed by atoms with E-state index in [1.54, 1.807) is 0 Å². The van der Waals surface area contributed by atoms with Gasteiger partial charge in [0.1, 0.15) is 5.75 Å². The fourth-order valence-corrected chi connectivity index (χ4v) is 2.47. The number of ether oxygens (including phenoxy) is 1. The Morgan fingerprint density at radius 2 is 2.38 bits per heavy atom. The molecule has 114 valence electrons. The number of nitro groups is 1. The molecule has 1 amide bonds. The summed E-state index contributed by atoms with van der Waals surface area (Å²) < 4.78 is 5.12. The number of non-ortho nitro benzene ring substituents is 1. The SMILES string of the molecule is COc1ccc([N+](=O)[O-])cc1NC(=O)CC1CCCNC1. The van der Waals surface area contributed by atoms with Crippen LogP contribution in [0.2, 0.25) is 0 Å². The van der Waals surface area contributed by atoms with Gasteiger partial charge in [0.15, 0.2) is 0 Å². The monoisotopic (exact) mass is 293 g/mol. The van der Waals surface area contributed by atoms with Gasteiger partial charge in [0.2, 0.25) is 5.91 Å². The second kappa shape index (κ2) is 7.03. The van der Waals surface area contributed by atoms with Crippen molar-refractivity contribution in [3.8, 4) is 5.75 Å². The molecule has 1 aromatic rings. The molecular weight excluding hydrogens is 274 g/mol. The van der Waals surface area contributed by atoms with Gasteiger partial charge in [-0.25, -0.2) is 0 Å². The number of rotatable bonds is 5. The second-order valence-electron chi connectivity index (χ2n) is 5.11. The van der Waals surface area contributed by atoms with Gasteiger partial charge in [0, 0.05) is 18.6 Å². The van der Waals surface area contributed by atoms with Gasteiger partial charge >= 0.3 is 0 Å². The molecule has 2 N–H and O–H groups in total. The highest BCUT2D eigenvalue weighted by atomic mass is 16.6. The Labute approximate surface area is 122 Å². The number of carbonyl (C=O) groups is 1. The fourth-order valence-electron chi connectivity index (χ4n) is 2.47. The minimum atomic E-state index is -0.500. The standard InChI is InChI=1S/C14H19N3O4/c1-21-13-5-4-11(17(19)20)8-12(13)16-14(18)7-10-3-2-6-15-9-10/h4-5,8,10,15H,2-3,6-7,9H2,1H3,(H,16,18). The van der Waals surface area contributed by atoms with Gasteiger partial charge in [0.25, 0.3) is 5.69 Å². The highest BCUT2D eigenvalue weighted by molar-refractivity contribution is 5.92. The Hall–Kier alpha value is -2.15.